The summed E-state index contributed by atoms with van der Waals surface area (Å²) in [6.07, 6.45) is 4.39. The monoisotopic (exact) mass is 323 g/mol. The number of methoxy groups -OCH3 is 1. The molecule has 0 saturated heterocycles. The SMILES string of the molecule is COC(=O)[C@@H](C/C=C/c1ccccc1)NC(=O)Cc1ccccc1. The second-order valence-corrected chi connectivity index (χ2v) is 5.35. The third kappa shape index (κ3) is 5.72. The number of ether oxygens (including phenoxy) is 1. The standard InChI is InChI=1S/C20H21NO3/c1-24-20(23)18(14-8-13-16-9-4-2-5-10-16)21-19(22)15-17-11-6-3-7-12-17/h2-13,18H,14-15H2,1H3,(H,21,22)/b13-8+/t18-/m1/s1. The Morgan fingerprint density at radius 1 is 1.04 bits per heavy atom. The minimum absolute atomic E-state index is 0.204. The van der Waals surface area contributed by atoms with E-state index >= 15 is 0 Å². The lowest BCUT2D eigenvalue weighted by atomic mass is 10.1. The molecule has 2 aromatic carbocycles. The van der Waals surface area contributed by atoms with Crippen LogP contribution in [0.3, 0.4) is 0 Å². The van der Waals surface area contributed by atoms with E-state index in [0.717, 1.165) is 11.1 Å². The first-order chi connectivity index (χ1) is 11.7. The van der Waals surface area contributed by atoms with Gasteiger partial charge in [-0.05, 0) is 17.5 Å². The van der Waals surface area contributed by atoms with Crippen LogP contribution in [0, 0.1) is 0 Å². The van der Waals surface area contributed by atoms with Crippen LogP contribution in [0.4, 0.5) is 0 Å². The number of esters is 1. The van der Waals surface area contributed by atoms with Crippen molar-refractivity contribution >= 4 is 18.0 Å². The highest BCUT2D eigenvalue weighted by Crippen LogP contribution is 2.05. The zero-order valence-electron chi connectivity index (χ0n) is 13.6. The van der Waals surface area contributed by atoms with Gasteiger partial charge in [0.15, 0.2) is 0 Å². The normalized spacial score (nSPS) is 11.9. The van der Waals surface area contributed by atoms with Gasteiger partial charge in [-0.1, -0.05) is 72.8 Å². The first-order valence-electron chi connectivity index (χ1n) is 7.81. The highest BCUT2D eigenvalue weighted by atomic mass is 16.5. The van der Waals surface area contributed by atoms with Crippen molar-refractivity contribution in [3.63, 3.8) is 0 Å². The minimum atomic E-state index is -0.689. The molecule has 0 radical (unpaired) electrons. The molecule has 124 valence electrons. The average Bonchev–Trinajstić information content (AvgIpc) is 2.62. The average molecular weight is 323 g/mol. The van der Waals surface area contributed by atoms with E-state index in [0.29, 0.717) is 6.42 Å². The molecule has 0 unspecified atom stereocenters. The molecule has 1 atom stereocenters. The lowest BCUT2D eigenvalue weighted by molar-refractivity contribution is -0.144. The quantitative estimate of drug-likeness (QED) is 0.797. The highest BCUT2D eigenvalue weighted by molar-refractivity contribution is 5.85. The number of hydrogen-bond donors (Lipinski definition) is 1. The van der Waals surface area contributed by atoms with Gasteiger partial charge in [0.05, 0.1) is 13.5 Å². The zero-order valence-corrected chi connectivity index (χ0v) is 13.6. The predicted octanol–water partition coefficient (Wildman–Crippen LogP) is 2.99. The van der Waals surface area contributed by atoms with Crippen LogP contribution in [-0.4, -0.2) is 25.0 Å². The smallest absolute Gasteiger partial charge is 0.328 e. The van der Waals surface area contributed by atoms with E-state index < -0.39 is 12.0 Å². The summed E-state index contributed by atoms with van der Waals surface area (Å²) in [7, 11) is 1.32. The fraction of sp³-hybridized carbons (Fsp3) is 0.200. The molecular formula is C20H21NO3. The molecule has 0 heterocycles. The molecule has 24 heavy (non-hydrogen) atoms. The van der Waals surface area contributed by atoms with Crippen LogP contribution >= 0.6 is 0 Å². The van der Waals surface area contributed by atoms with E-state index in [2.05, 4.69) is 5.32 Å². The van der Waals surface area contributed by atoms with Crippen LogP contribution in [0.2, 0.25) is 0 Å². The van der Waals surface area contributed by atoms with Gasteiger partial charge in [-0.2, -0.15) is 0 Å². The Bertz CT molecular complexity index is 681. The molecule has 0 saturated carbocycles. The van der Waals surface area contributed by atoms with E-state index in [-0.39, 0.29) is 12.3 Å². The van der Waals surface area contributed by atoms with Crippen LogP contribution in [0.15, 0.2) is 66.7 Å². The van der Waals surface area contributed by atoms with Crippen LogP contribution in [0.5, 0.6) is 0 Å². The maximum atomic E-state index is 12.1. The van der Waals surface area contributed by atoms with Crippen LogP contribution in [0.1, 0.15) is 17.5 Å². The molecule has 0 aliphatic heterocycles. The molecule has 2 aromatic rings. The molecule has 2 rings (SSSR count). The van der Waals surface area contributed by atoms with Crippen molar-refractivity contribution in [2.24, 2.45) is 0 Å². The van der Waals surface area contributed by atoms with Gasteiger partial charge < -0.3 is 10.1 Å². The molecule has 1 N–H and O–H groups in total. The summed E-state index contributed by atoms with van der Waals surface area (Å²) in [5.74, 6) is -0.654. The van der Waals surface area contributed by atoms with E-state index in [1.807, 2.05) is 72.8 Å². The van der Waals surface area contributed by atoms with Crippen molar-refractivity contribution in [2.75, 3.05) is 7.11 Å². The number of carbonyl (C=O) groups excluding carboxylic acids is 2. The van der Waals surface area contributed by atoms with E-state index in [4.69, 9.17) is 4.74 Å². The van der Waals surface area contributed by atoms with E-state index in [9.17, 15) is 9.59 Å². The van der Waals surface area contributed by atoms with Crippen molar-refractivity contribution in [1.29, 1.82) is 0 Å². The van der Waals surface area contributed by atoms with Gasteiger partial charge in [0.25, 0.3) is 0 Å². The maximum absolute atomic E-state index is 12.1. The summed E-state index contributed by atoms with van der Waals surface area (Å²) in [6.45, 7) is 0. The zero-order chi connectivity index (χ0) is 17.2. The molecule has 0 aromatic heterocycles. The van der Waals surface area contributed by atoms with Crippen molar-refractivity contribution in [3.05, 3.63) is 77.9 Å². The number of benzene rings is 2. The Hall–Kier alpha value is -2.88. The summed E-state index contributed by atoms with van der Waals surface area (Å²) in [4.78, 5) is 24.0. The number of hydrogen-bond acceptors (Lipinski definition) is 3. The molecule has 4 nitrogen and oxygen atoms in total. The third-order valence-electron chi connectivity index (χ3n) is 3.51. The lowest BCUT2D eigenvalue weighted by Gasteiger charge is -2.15. The fourth-order valence-electron chi connectivity index (χ4n) is 2.29. The Kier molecular flexibility index (Phi) is 6.77. The Morgan fingerprint density at radius 3 is 2.29 bits per heavy atom. The number of amides is 1. The Morgan fingerprint density at radius 2 is 1.67 bits per heavy atom. The van der Waals surface area contributed by atoms with Gasteiger partial charge in [0.2, 0.25) is 5.91 Å². The summed E-state index contributed by atoms with van der Waals surface area (Å²) >= 11 is 0. The van der Waals surface area contributed by atoms with E-state index in [1.165, 1.54) is 7.11 Å². The highest BCUT2D eigenvalue weighted by Gasteiger charge is 2.20. The molecule has 0 bridgehead atoms. The molecule has 0 spiro atoms. The topological polar surface area (TPSA) is 55.4 Å². The van der Waals surface area contributed by atoms with Crippen LogP contribution < -0.4 is 5.32 Å². The van der Waals surface area contributed by atoms with Gasteiger partial charge in [0, 0.05) is 0 Å². The van der Waals surface area contributed by atoms with Gasteiger partial charge in [0.1, 0.15) is 6.04 Å². The van der Waals surface area contributed by atoms with Crippen LogP contribution in [-0.2, 0) is 20.7 Å². The maximum Gasteiger partial charge on any atom is 0.328 e. The Balaban J connectivity index is 1.94. The van der Waals surface area contributed by atoms with Crippen molar-refractivity contribution in [3.8, 4) is 0 Å². The van der Waals surface area contributed by atoms with Gasteiger partial charge in [-0.3, -0.25) is 4.79 Å². The minimum Gasteiger partial charge on any atom is -0.467 e. The van der Waals surface area contributed by atoms with Gasteiger partial charge in [-0.25, -0.2) is 4.79 Å². The molecule has 0 fully saturated rings. The molecule has 0 aliphatic carbocycles. The molecule has 0 aliphatic rings. The van der Waals surface area contributed by atoms with Crippen LogP contribution in [0.25, 0.3) is 6.08 Å². The molecule has 1 amide bonds. The summed E-state index contributed by atoms with van der Waals surface area (Å²) < 4.78 is 4.78. The Labute approximate surface area is 142 Å². The summed E-state index contributed by atoms with van der Waals surface area (Å²) in [5.41, 5.74) is 1.94. The first kappa shape index (κ1) is 17.5. The third-order valence-corrected chi connectivity index (χ3v) is 3.51. The van der Waals surface area contributed by atoms with E-state index in [1.54, 1.807) is 0 Å². The largest absolute Gasteiger partial charge is 0.467 e. The van der Waals surface area contributed by atoms with Gasteiger partial charge in [-0.15, -0.1) is 0 Å². The summed E-state index contributed by atoms with van der Waals surface area (Å²) in [6, 6.07) is 18.5. The number of nitrogens with one attached hydrogen (secondary N) is 1. The van der Waals surface area contributed by atoms with Gasteiger partial charge >= 0.3 is 5.97 Å². The second kappa shape index (κ2) is 9.30. The fourth-order valence-corrected chi connectivity index (χ4v) is 2.29. The molecular weight excluding hydrogens is 302 g/mol. The number of carbonyl (C=O) groups is 2. The summed E-state index contributed by atoms with van der Waals surface area (Å²) in [5, 5.41) is 2.74. The lowest BCUT2D eigenvalue weighted by Crippen LogP contribution is -2.41. The van der Waals surface area contributed by atoms with Crippen molar-refractivity contribution in [2.45, 2.75) is 18.9 Å². The van der Waals surface area contributed by atoms with Crippen molar-refractivity contribution in [1.82, 2.24) is 5.32 Å². The first-order valence-corrected chi connectivity index (χ1v) is 7.81. The molecule has 4 heteroatoms. The second-order valence-electron chi connectivity index (χ2n) is 5.35. The number of rotatable bonds is 7. The van der Waals surface area contributed by atoms with Crippen molar-refractivity contribution < 1.29 is 14.3 Å². The predicted molar refractivity (Wildman–Crippen MR) is 94.2 cm³/mol.